The molecule has 0 radical (unpaired) electrons. The minimum atomic E-state index is -0.176. The van der Waals surface area contributed by atoms with Crippen molar-refractivity contribution in [2.45, 2.75) is 45.8 Å². The van der Waals surface area contributed by atoms with E-state index >= 15 is 0 Å². The van der Waals surface area contributed by atoms with E-state index in [0.29, 0.717) is 0 Å². The lowest BCUT2D eigenvalue weighted by Gasteiger charge is -2.34. The lowest BCUT2D eigenvalue weighted by Crippen LogP contribution is -2.40. The van der Waals surface area contributed by atoms with Crippen molar-refractivity contribution in [1.29, 1.82) is 5.26 Å². The van der Waals surface area contributed by atoms with E-state index in [1.165, 1.54) is 0 Å². The summed E-state index contributed by atoms with van der Waals surface area (Å²) in [6, 6.07) is 12.2. The maximum atomic E-state index is 9.53. The van der Waals surface area contributed by atoms with Crippen LogP contribution in [0.5, 0.6) is 5.75 Å². The van der Waals surface area contributed by atoms with Crippen LogP contribution in [0.25, 0.3) is 0 Å². The highest BCUT2D eigenvalue weighted by Crippen LogP contribution is 2.30. The highest BCUT2D eigenvalue weighted by molar-refractivity contribution is 7.09. The zero-order valence-electron chi connectivity index (χ0n) is 14.6. The van der Waals surface area contributed by atoms with Crippen LogP contribution in [-0.2, 0) is 0 Å². The van der Waals surface area contributed by atoms with Crippen molar-refractivity contribution in [2.75, 3.05) is 13.1 Å². The van der Waals surface area contributed by atoms with Crippen LogP contribution in [0.2, 0.25) is 0 Å². The van der Waals surface area contributed by atoms with Crippen LogP contribution in [0.4, 0.5) is 0 Å². The van der Waals surface area contributed by atoms with E-state index in [-0.39, 0.29) is 12.1 Å². The van der Waals surface area contributed by atoms with Crippen molar-refractivity contribution >= 4 is 11.3 Å². The summed E-state index contributed by atoms with van der Waals surface area (Å²) in [5.74, 6) is 0.927. The molecule has 1 aliphatic rings. The van der Waals surface area contributed by atoms with Crippen LogP contribution in [0.3, 0.4) is 0 Å². The molecule has 1 aliphatic heterocycles. The van der Waals surface area contributed by atoms with E-state index in [1.54, 1.807) is 11.3 Å². The minimum absolute atomic E-state index is 0.176. The Morgan fingerprint density at radius 3 is 2.46 bits per heavy atom. The predicted molar refractivity (Wildman–Crippen MR) is 98.2 cm³/mol. The van der Waals surface area contributed by atoms with E-state index < -0.39 is 0 Å². The molecule has 2 aromatic rings. The molecule has 5 heteroatoms. The van der Waals surface area contributed by atoms with E-state index in [9.17, 15) is 5.26 Å². The maximum absolute atomic E-state index is 9.53. The topological polar surface area (TPSA) is 49.2 Å². The summed E-state index contributed by atoms with van der Waals surface area (Å²) in [6.45, 7) is 7.74. The molecule has 4 nitrogen and oxygen atoms in total. The van der Waals surface area contributed by atoms with Crippen molar-refractivity contribution in [1.82, 2.24) is 9.88 Å². The summed E-state index contributed by atoms with van der Waals surface area (Å²) < 4.78 is 6.01. The summed E-state index contributed by atoms with van der Waals surface area (Å²) in [5.41, 5.74) is 2.79. The van der Waals surface area contributed by atoms with Gasteiger partial charge in [-0.25, -0.2) is 4.98 Å². The van der Waals surface area contributed by atoms with Crippen LogP contribution in [0.15, 0.2) is 35.8 Å². The zero-order chi connectivity index (χ0) is 17.4. The number of rotatable bonds is 4. The molecule has 0 saturated carbocycles. The Kier molecular flexibility index (Phi) is 7.23. The molecule has 1 atom stereocenters. The molecular formula is C19H25N3OS. The number of hydrogen-bond donors (Lipinski definition) is 0. The van der Waals surface area contributed by atoms with Crippen molar-refractivity contribution < 1.29 is 4.74 Å². The van der Waals surface area contributed by atoms with Gasteiger partial charge in [-0.1, -0.05) is 32.0 Å². The average Bonchev–Trinajstić information content (AvgIpc) is 3.06. The van der Waals surface area contributed by atoms with Crippen LogP contribution in [0.1, 0.15) is 43.3 Å². The summed E-state index contributed by atoms with van der Waals surface area (Å²) in [6.07, 6.45) is 2.14. The average molecular weight is 343 g/mol. The van der Waals surface area contributed by atoms with Gasteiger partial charge < -0.3 is 4.74 Å². The van der Waals surface area contributed by atoms with Gasteiger partial charge in [0.05, 0.1) is 22.2 Å². The minimum Gasteiger partial charge on any atom is -0.490 e. The molecular weight excluding hydrogens is 318 g/mol. The summed E-state index contributed by atoms with van der Waals surface area (Å²) in [4.78, 5) is 7.58. The summed E-state index contributed by atoms with van der Waals surface area (Å²) in [5, 5.41) is 9.53. The number of nitrogens with zero attached hydrogens (tertiary/aromatic N) is 3. The van der Waals surface area contributed by atoms with Crippen molar-refractivity contribution in [3.63, 3.8) is 0 Å². The number of thiazole rings is 1. The molecule has 1 aromatic carbocycles. The molecule has 1 unspecified atom stereocenters. The highest BCUT2D eigenvalue weighted by atomic mass is 32.1. The molecule has 1 saturated heterocycles. The molecule has 0 N–H and O–H groups in total. The molecule has 1 aromatic heterocycles. The Morgan fingerprint density at radius 2 is 1.92 bits per heavy atom. The fourth-order valence-electron chi connectivity index (χ4n) is 2.82. The number of piperidine rings is 1. The number of para-hydroxylation sites is 1. The first-order chi connectivity index (χ1) is 11.8. The number of benzene rings is 1. The van der Waals surface area contributed by atoms with Crippen LogP contribution < -0.4 is 4.74 Å². The van der Waals surface area contributed by atoms with Gasteiger partial charge in [-0.3, -0.25) is 4.90 Å². The van der Waals surface area contributed by atoms with Crippen LogP contribution >= 0.6 is 11.3 Å². The zero-order valence-corrected chi connectivity index (χ0v) is 15.4. The Balaban J connectivity index is 0.00000100. The Bertz CT molecular complexity index is 642. The van der Waals surface area contributed by atoms with Gasteiger partial charge in [-0.05, 0) is 31.9 Å². The quantitative estimate of drug-likeness (QED) is 0.815. The molecule has 1 fully saturated rings. The molecule has 0 bridgehead atoms. The van der Waals surface area contributed by atoms with Crippen molar-refractivity contribution in [2.24, 2.45) is 0 Å². The van der Waals surface area contributed by atoms with Crippen LogP contribution in [-0.4, -0.2) is 29.1 Å². The van der Waals surface area contributed by atoms with E-state index in [0.717, 1.165) is 42.3 Å². The molecule has 0 amide bonds. The fourth-order valence-corrected chi connectivity index (χ4v) is 3.70. The van der Waals surface area contributed by atoms with Crippen molar-refractivity contribution in [3.05, 3.63) is 46.4 Å². The van der Waals surface area contributed by atoms with Gasteiger partial charge in [-0.2, -0.15) is 5.26 Å². The lowest BCUT2D eigenvalue weighted by molar-refractivity contribution is 0.0885. The smallest absolute Gasteiger partial charge is 0.134 e. The Labute approximate surface area is 148 Å². The lowest BCUT2D eigenvalue weighted by atomic mass is 10.0. The number of nitriles is 1. The molecule has 3 rings (SSSR count). The first-order valence-corrected chi connectivity index (χ1v) is 9.41. The van der Waals surface area contributed by atoms with Gasteiger partial charge in [-0.15, -0.1) is 11.3 Å². The van der Waals surface area contributed by atoms with E-state index in [2.05, 4.69) is 16.0 Å². The highest BCUT2D eigenvalue weighted by Gasteiger charge is 2.28. The normalized spacial score (nSPS) is 16.6. The standard InChI is InChI=1S/C17H19N3OS.C2H6/c1-13-17(22-12-19-13)16(11-18)20-9-7-15(8-10-20)21-14-5-3-2-4-6-14;1-2/h2-6,12,15-16H,7-10H2,1H3;1-2H3. The number of ether oxygens (including phenoxy) is 1. The SMILES string of the molecule is CC.Cc1ncsc1C(C#N)N1CCC(Oc2ccccc2)CC1. The predicted octanol–water partition coefficient (Wildman–Crippen LogP) is 4.59. The molecule has 0 spiro atoms. The first kappa shape index (κ1) is 18.4. The molecule has 24 heavy (non-hydrogen) atoms. The van der Waals surface area contributed by atoms with Gasteiger partial charge in [0.1, 0.15) is 17.9 Å². The second-order valence-corrected chi connectivity index (χ2v) is 6.39. The number of aromatic nitrogens is 1. The van der Waals surface area contributed by atoms with Crippen LogP contribution in [0, 0.1) is 18.3 Å². The second-order valence-electron chi connectivity index (χ2n) is 5.50. The van der Waals surface area contributed by atoms with E-state index in [4.69, 9.17) is 4.74 Å². The largest absolute Gasteiger partial charge is 0.490 e. The van der Waals surface area contributed by atoms with Crippen molar-refractivity contribution in [3.8, 4) is 11.8 Å². The number of hydrogen-bond acceptors (Lipinski definition) is 5. The molecule has 0 aliphatic carbocycles. The monoisotopic (exact) mass is 343 g/mol. The third kappa shape index (κ3) is 4.56. The first-order valence-electron chi connectivity index (χ1n) is 8.53. The fraction of sp³-hybridized carbons (Fsp3) is 0.474. The van der Waals surface area contributed by atoms with Gasteiger partial charge in [0.2, 0.25) is 0 Å². The molecule has 128 valence electrons. The number of likely N-dealkylation sites (tertiary alicyclic amines) is 1. The summed E-state index contributed by atoms with van der Waals surface area (Å²) >= 11 is 1.57. The van der Waals surface area contributed by atoms with E-state index in [1.807, 2.05) is 56.6 Å². The molecule has 2 heterocycles. The Hall–Kier alpha value is -1.90. The van der Waals surface area contributed by atoms with Gasteiger partial charge in [0.15, 0.2) is 0 Å². The van der Waals surface area contributed by atoms with Gasteiger partial charge in [0.25, 0.3) is 0 Å². The maximum Gasteiger partial charge on any atom is 0.134 e. The van der Waals surface area contributed by atoms with Gasteiger partial charge in [0, 0.05) is 13.1 Å². The van der Waals surface area contributed by atoms with Gasteiger partial charge >= 0.3 is 0 Å². The second kappa shape index (κ2) is 9.41. The third-order valence-corrected chi connectivity index (χ3v) is 5.02. The third-order valence-electron chi connectivity index (χ3n) is 4.04. The summed E-state index contributed by atoms with van der Waals surface area (Å²) in [7, 11) is 0. The number of aryl methyl sites for hydroxylation is 1. The Morgan fingerprint density at radius 1 is 1.25 bits per heavy atom.